The molecule has 0 aromatic rings. The van der Waals surface area contributed by atoms with Crippen molar-refractivity contribution in [2.75, 3.05) is 33.0 Å². The quantitative estimate of drug-likeness (QED) is 0.135. The number of aliphatic carboxylic acids is 1. The molecule has 32 heavy (non-hydrogen) atoms. The van der Waals surface area contributed by atoms with Crippen LogP contribution in [-0.4, -0.2) is 50.2 Å². The average Bonchev–Trinajstić information content (AvgIpc) is 2.75. The van der Waals surface area contributed by atoms with Crippen LogP contribution in [0.4, 0.5) is 0 Å². The van der Waals surface area contributed by atoms with E-state index in [4.69, 9.17) is 23.6 Å². The number of carbonyl (C=O) groups is 1. The number of ether oxygens (including phenoxy) is 2. The molecule has 0 heterocycles. The Morgan fingerprint density at radius 3 is 1.97 bits per heavy atom. The third kappa shape index (κ3) is 22.7. The molecule has 0 radical (unpaired) electrons. The minimum atomic E-state index is -4.35. The number of rotatable bonds is 25. The molecule has 0 fully saturated rings. The van der Waals surface area contributed by atoms with Crippen molar-refractivity contribution in [2.24, 2.45) is 0 Å². The number of hydrogen-bond donors (Lipinski definition) is 1. The minimum absolute atomic E-state index is 0.0801. The summed E-state index contributed by atoms with van der Waals surface area (Å²) in [5.41, 5.74) is 0. The van der Waals surface area contributed by atoms with Crippen molar-refractivity contribution in [3.63, 3.8) is 0 Å². The van der Waals surface area contributed by atoms with Crippen LogP contribution in [0, 0.1) is 0 Å². The first-order valence-electron chi connectivity index (χ1n) is 12.4. The van der Waals surface area contributed by atoms with Crippen molar-refractivity contribution in [1.29, 1.82) is 0 Å². The van der Waals surface area contributed by atoms with E-state index in [2.05, 4.69) is 6.92 Å². The van der Waals surface area contributed by atoms with Gasteiger partial charge >= 0.3 is 5.97 Å². The Labute approximate surface area is 195 Å². The van der Waals surface area contributed by atoms with Gasteiger partial charge in [0, 0.05) is 19.6 Å². The first-order valence-corrected chi connectivity index (χ1v) is 13.9. The van der Waals surface area contributed by atoms with Crippen molar-refractivity contribution >= 4 is 13.8 Å². The van der Waals surface area contributed by atoms with E-state index in [-0.39, 0.29) is 26.2 Å². The van der Waals surface area contributed by atoms with Crippen LogP contribution in [0.2, 0.25) is 0 Å². The SMILES string of the molecule is CCCCCCCCCCCCOCC(COP(=O)([O-])OCCC)OCCCCC(=O)O. The fourth-order valence-corrected chi connectivity index (χ4v) is 3.92. The van der Waals surface area contributed by atoms with Gasteiger partial charge in [-0.05, 0) is 25.7 Å². The standard InChI is InChI=1S/C23H47O8P/c1-3-5-6-7-8-9-10-11-12-14-18-28-20-22(29-19-15-13-16-23(24)25)21-31-32(26,27)30-17-4-2/h22H,3-21H2,1-2H3,(H,24,25)(H,26,27)/p-1. The lowest BCUT2D eigenvalue weighted by molar-refractivity contribution is -0.228. The molecule has 0 aliphatic carbocycles. The molecule has 192 valence electrons. The van der Waals surface area contributed by atoms with Crippen LogP contribution in [0.25, 0.3) is 0 Å². The summed E-state index contributed by atoms with van der Waals surface area (Å²) < 4.78 is 32.7. The Balaban J connectivity index is 3.99. The van der Waals surface area contributed by atoms with Gasteiger partial charge in [-0.25, -0.2) is 0 Å². The summed E-state index contributed by atoms with van der Waals surface area (Å²) in [6.45, 7) is 5.08. The Morgan fingerprint density at radius 1 is 0.781 bits per heavy atom. The highest BCUT2D eigenvalue weighted by atomic mass is 31.2. The van der Waals surface area contributed by atoms with Gasteiger partial charge in [0.2, 0.25) is 0 Å². The van der Waals surface area contributed by atoms with Gasteiger partial charge in [-0.3, -0.25) is 9.36 Å². The first kappa shape index (κ1) is 31.5. The number of hydrogen-bond acceptors (Lipinski definition) is 7. The number of carboxylic acid groups (broad SMARTS) is 1. The maximum Gasteiger partial charge on any atom is 0.303 e. The maximum atomic E-state index is 11.7. The van der Waals surface area contributed by atoms with Gasteiger partial charge < -0.3 is 28.5 Å². The number of phosphoric acid groups is 1. The van der Waals surface area contributed by atoms with Crippen molar-refractivity contribution in [3.8, 4) is 0 Å². The van der Waals surface area contributed by atoms with Crippen LogP contribution >= 0.6 is 7.82 Å². The van der Waals surface area contributed by atoms with Gasteiger partial charge in [0.15, 0.2) is 0 Å². The van der Waals surface area contributed by atoms with Gasteiger partial charge in [-0.2, -0.15) is 0 Å². The Morgan fingerprint density at radius 2 is 1.38 bits per heavy atom. The smallest absolute Gasteiger partial charge is 0.303 e. The molecular formula is C23H46O8P-. The summed E-state index contributed by atoms with van der Waals surface area (Å²) in [6.07, 6.45) is 13.7. The lowest BCUT2D eigenvalue weighted by Gasteiger charge is -2.25. The summed E-state index contributed by atoms with van der Waals surface area (Å²) in [5, 5.41) is 8.68. The normalized spacial score (nSPS) is 14.3. The Kier molecular flexibility index (Phi) is 22.0. The van der Waals surface area contributed by atoms with Crippen LogP contribution in [0.5, 0.6) is 0 Å². The van der Waals surface area contributed by atoms with E-state index in [1.54, 1.807) is 0 Å². The van der Waals surface area contributed by atoms with Crippen molar-refractivity contribution in [3.05, 3.63) is 0 Å². The Hall–Kier alpha value is -0.500. The molecular weight excluding hydrogens is 435 g/mol. The van der Waals surface area contributed by atoms with E-state index in [9.17, 15) is 14.3 Å². The molecule has 0 aliphatic heterocycles. The summed E-state index contributed by atoms with van der Waals surface area (Å²) in [6, 6.07) is 0. The molecule has 0 aromatic carbocycles. The van der Waals surface area contributed by atoms with Gasteiger partial charge in [-0.1, -0.05) is 71.6 Å². The number of unbranched alkanes of at least 4 members (excludes halogenated alkanes) is 10. The molecule has 0 amide bonds. The molecule has 2 atom stereocenters. The molecule has 8 nitrogen and oxygen atoms in total. The third-order valence-corrected chi connectivity index (χ3v) is 5.92. The lowest BCUT2D eigenvalue weighted by Crippen LogP contribution is -2.27. The summed E-state index contributed by atoms with van der Waals surface area (Å²) >= 11 is 0. The molecule has 1 N–H and O–H groups in total. The zero-order valence-corrected chi connectivity index (χ0v) is 21.2. The summed E-state index contributed by atoms with van der Waals surface area (Å²) in [5.74, 6) is -0.843. The van der Waals surface area contributed by atoms with Crippen LogP contribution < -0.4 is 4.89 Å². The fourth-order valence-electron chi connectivity index (χ4n) is 3.09. The minimum Gasteiger partial charge on any atom is -0.756 e. The summed E-state index contributed by atoms with van der Waals surface area (Å²) in [7, 11) is -4.35. The fraction of sp³-hybridized carbons (Fsp3) is 0.957. The zero-order valence-electron chi connectivity index (χ0n) is 20.3. The summed E-state index contributed by atoms with van der Waals surface area (Å²) in [4.78, 5) is 22.3. The molecule has 0 aromatic heterocycles. The monoisotopic (exact) mass is 481 g/mol. The number of phosphoric ester groups is 1. The van der Waals surface area contributed by atoms with Crippen LogP contribution in [-0.2, 0) is 27.9 Å². The number of carboxylic acids is 1. The van der Waals surface area contributed by atoms with Crippen molar-refractivity contribution in [2.45, 2.75) is 110 Å². The van der Waals surface area contributed by atoms with Crippen LogP contribution in [0.15, 0.2) is 0 Å². The van der Waals surface area contributed by atoms with Crippen LogP contribution in [0.3, 0.4) is 0 Å². The predicted octanol–water partition coefficient (Wildman–Crippen LogP) is 5.48. The molecule has 0 bridgehead atoms. The highest BCUT2D eigenvalue weighted by Gasteiger charge is 2.16. The maximum absolute atomic E-state index is 11.7. The highest BCUT2D eigenvalue weighted by molar-refractivity contribution is 7.45. The zero-order chi connectivity index (χ0) is 23.9. The van der Waals surface area contributed by atoms with E-state index in [0.717, 1.165) is 12.8 Å². The van der Waals surface area contributed by atoms with Gasteiger partial charge in [0.1, 0.15) is 6.10 Å². The van der Waals surface area contributed by atoms with Crippen molar-refractivity contribution in [1.82, 2.24) is 0 Å². The van der Waals surface area contributed by atoms with Gasteiger partial charge in [0.05, 0.1) is 19.8 Å². The van der Waals surface area contributed by atoms with Crippen LogP contribution in [0.1, 0.15) is 104 Å². The molecule has 0 saturated heterocycles. The molecule has 0 spiro atoms. The lowest BCUT2D eigenvalue weighted by atomic mass is 10.1. The second-order valence-electron chi connectivity index (χ2n) is 8.18. The molecule has 9 heteroatoms. The molecule has 0 saturated carbocycles. The highest BCUT2D eigenvalue weighted by Crippen LogP contribution is 2.38. The van der Waals surface area contributed by atoms with E-state index < -0.39 is 19.9 Å². The van der Waals surface area contributed by atoms with Gasteiger partial charge in [0.25, 0.3) is 7.82 Å². The first-order chi connectivity index (χ1) is 15.4. The van der Waals surface area contributed by atoms with Crippen molar-refractivity contribution < 1.29 is 37.9 Å². The second-order valence-corrected chi connectivity index (χ2v) is 9.59. The largest absolute Gasteiger partial charge is 0.756 e. The second kappa shape index (κ2) is 22.3. The Bertz CT molecular complexity index is 475. The van der Waals surface area contributed by atoms with E-state index >= 15 is 0 Å². The molecule has 2 unspecified atom stereocenters. The van der Waals surface area contributed by atoms with E-state index in [0.29, 0.717) is 32.5 Å². The van der Waals surface area contributed by atoms with E-state index in [1.807, 2.05) is 6.92 Å². The average molecular weight is 482 g/mol. The topological polar surface area (TPSA) is 114 Å². The predicted molar refractivity (Wildman–Crippen MR) is 124 cm³/mol. The third-order valence-electron chi connectivity index (χ3n) is 4.96. The van der Waals surface area contributed by atoms with Gasteiger partial charge in [-0.15, -0.1) is 0 Å². The van der Waals surface area contributed by atoms with E-state index in [1.165, 1.54) is 51.4 Å². The molecule has 0 rings (SSSR count). The molecule has 0 aliphatic rings.